The molecule has 3 nitrogen and oxygen atoms in total. The van der Waals surface area contributed by atoms with Crippen molar-refractivity contribution < 1.29 is 9.18 Å². The Kier molecular flexibility index (Phi) is 4.91. The standard InChI is InChI=1S/C19H21FN2O/c20-17-6-8-18(9-7-17)22-11-10-16(14-22)13-21-19(23)12-15-4-2-1-3-5-15/h1-9,16H,10-14H2,(H,21,23). The molecule has 0 radical (unpaired) electrons. The fourth-order valence-corrected chi connectivity index (χ4v) is 2.99. The average Bonchev–Trinajstić information content (AvgIpc) is 3.04. The van der Waals surface area contributed by atoms with E-state index in [0.29, 0.717) is 18.9 Å². The highest BCUT2D eigenvalue weighted by Gasteiger charge is 2.23. The molecule has 1 fully saturated rings. The number of nitrogens with zero attached hydrogens (tertiary/aromatic N) is 1. The molecule has 23 heavy (non-hydrogen) atoms. The summed E-state index contributed by atoms with van der Waals surface area (Å²) in [6.45, 7) is 2.55. The van der Waals surface area contributed by atoms with Crippen molar-refractivity contribution >= 4 is 11.6 Å². The number of carbonyl (C=O) groups is 1. The number of hydrogen-bond acceptors (Lipinski definition) is 2. The maximum atomic E-state index is 13.0. The van der Waals surface area contributed by atoms with Gasteiger partial charge in [0.2, 0.25) is 5.91 Å². The number of halogens is 1. The van der Waals surface area contributed by atoms with Gasteiger partial charge in [-0.3, -0.25) is 4.79 Å². The van der Waals surface area contributed by atoms with Crippen molar-refractivity contribution in [3.05, 3.63) is 66.0 Å². The van der Waals surface area contributed by atoms with Crippen molar-refractivity contribution in [2.45, 2.75) is 12.8 Å². The summed E-state index contributed by atoms with van der Waals surface area (Å²) >= 11 is 0. The van der Waals surface area contributed by atoms with Gasteiger partial charge in [-0.15, -0.1) is 0 Å². The summed E-state index contributed by atoms with van der Waals surface area (Å²) in [5.41, 5.74) is 2.08. The van der Waals surface area contributed by atoms with Crippen LogP contribution in [0.1, 0.15) is 12.0 Å². The third kappa shape index (κ3) is 4.31. The van der Waals surface area contributed by atoms with Crippen molar-refractivity contribution in [1.82, 2.24) is 5.32 Å². The number of amides is 1. The average molecular weight is 312 g/mol. The molecule has 1 unspecified atom stereocenters. The van der Waals surface area contributed by atoms with E-state index in [1.54, 1.807) is 0 Å². The first kappa shape index (κ1) is 15.5. The van der Waals surface area contributed by atoms with Crippen LogP contribution >= 0.6 is 0 Å². The molecule has 1 atom stereocenters. The Morgan fingerprint density at radius 3 is 2.61 bits per heavy atom. The second-order valence-corrected chi connectivity index (χ2v) is 6.04. The lowest BCUT2D eigenvalue weighted by Gasteiger charge is -2.18. The second kappa shape index (κ2) is 7.27. The quantitative estimate of drug-likeness (QED) is 0.920. The van der Waals surface area contributed by atoms with Crippen molar-refractivity contribution in [2.75, 3.05) is 24.5 Å². The van der Waals surface area contributed by atoms with E-state index in [1.165, 1.54) is 12.1 Å². The number of carbonyl (C=O) groups excluding carboxylic acids is 1. The first-order chi connectivity index (χ1) is 11.2. The van der Waals surface area contributed by atoms with Crippen LogP contribution in [0.3, 0.4) is 0 Å². The number of benzene rings is 2. The van der Waals surface area contributed by atoms with E-state index >= 15 is 0 Å². The molecule has 1 aliphatic heterocycles. The molecule has 0 aliphatic carbocycles. The minimum Gasteiger partial charge on any atom is -0.371 e. The zero-order valence-corrected chi connectivity index (χ0v) is 13.0. The van der Waals surface area contributed by atoms with Crippen LogP contribution in [0, 0.1) is 11.7 Å². The van der Waals surface area contributed by atoms with E-state index in [-0.39, 0.29) is 11.7 Å². The molecule has 1 aliphatic rings. The lowest BCUT2D eigenvalue weighted by atomic mass is 10.1. The predicted molar refractivity (Wildman–Crippen MR) is 89.9 cm³/mol. The fraction of sp³-hybridized carbons (Fsp3) is 0.316. The minimum atomic E-state index is -0.210. The third-order valence-corrected chi connectivity index (χ3v) is 4.27. The predicted octanol–water partition coefficient (Wildman–Crippen LogP) is 3.01. The van der Waals surface area contributed by atoms with Gasteiger partial charge in [-0.25, -0.2) is 4.39 Å². The molecule has 1 amide bonds. The van der Waals surface area contributed by atoms with E-state index in [2.05, 4.69) is 10.2 Å². The van der Waals surface area contributed by atoms with E-state index in [1.807, 2.05) is 42.5 Å². The van der Waals surface area contributed by atoms with Crippen LogP contribution in [-0.2, 0) is 11.2 Å². The van der Waals surface area contributed by atoms with E-state index in [9.17, 15) is 9.18 Å². The molecule has 4 heteroatoms. The van der Waals surface area contributed by atoms with Crippen LogP contribution in [0.5, 0.6) is 0 Å². The molecular formula is C19H21FN2O. The number of anilines is 1. The fourth-order valence-electron chi connectivity index (χ4n) is 2.99. The van der Waals surface area contributed by atoms with Crippen LogP contribution < -0.4 is 10.2 Å². The maximum absolute atomic E-state index is 13.0. The van der Waals surface area contributed by atoms with Crippen molar-refractivity contribution in [3.63, 3.8) is 0 Å². The molecule has 0 bridgehead atoms. The highest BCUT2D eigenvalue weighted by atomic mass is 19.1. The van der Waals surface area contributed by atoms with Crippen LogP contribution in [0.2, 0.25) is 0 Å². The Labute approximate surface area is 136 Å². The largest absolute Gasteiger partial charge is 0.371 e. The van der Waals surface area contributed by atoms with Gasteiger partial charge in [0.25, 0.3) is 0 Å². The molecule has 0 saturated carbocycles. The highest BCUT2D eigenvalue weighted by molar-refractivity contribution is 5.78. The Hall–Kier alpha value is -2.36. The van der Waals surface area contributed by atoms with Gasteiger partial charge >= 0.3 is 0 Å². The molecule has 3 rings (SSSR count). The molecule has 0 spiro atoms. The Bertz CT molecular complexity index is 642. The summed E-state index contributed by atoms with van der Waals surface area (Å²) in [6, 6.07) is 16.4. The first-order valence-corrected chi connectivity index (χ1v) is 8.02. The van der Waals surface area contributed by atoms with E-state index < -0.39 is 0 Å². The molecule has 1 heterocycles. The summed E-state index contributed by atoms with van der Waals surface area (Å²) in [5.74, 6) is 0.300. The molecule has 120 valence electrons. The summed E-state index contributed by atoms with van der Waals surface area (Å²) in [6.07, 6.45) is 1.47. The zero-order chi connectivity index (χ0) is 16.1. The van der Waals surface area contributed by atoms with Gasteiger partial charge in [0, 0.05) is 25.3 Å². The number of hydrogen-bond donors (Lipinski definition) is 1. The van der Waals surface area contributed by atoms with Gasteiger partial charge in [0.1, 0.15) is 5.82 Å². The Morgan fingerprint density at radius 2 is 1.87 bits per heavy atom. The van der Waals surface area contributed by atoms with Crippen molar-refractivity contribution in [3.8, 4) is 0 Å². The Morgan fingerprint density at radius 1 is 1.13 bits per heavy atom. The lowest BCUT2D eigenvalue weighted by molar-refractivity contribution is -0.120. The van der Waals surface area contributed by atoms with Gasteiger partial charge in [-0.2, -0.15) is 0 Å². The molecule has 2 aromatic rings. The van der Waals surface area contributed by atoms with Crippen LogP contribution in [-0.4, -0.2) is 25.5 Å². The highest BCUT2D eigenvalue weighted by Crippen LogP contribution is 2.23. The smallest absolute Gasteiger partial charge is 0.224 e. The van der Waals surface area contributed by atoms with Crippen LogP contribution in [0.4, 0.5) is 10.1 Å². The number of nitrogens with one attached hydrogen (secondary N) is 1. The summed E-state index contributed by atoms with van der Waals surface area (Å²) < 4.78 is 13.0. The lowest BCUT2D eigenvalue weighted by Crippen LogP contribution is -2.32. The summed E-state index contributed by atoms with van der Waals surface area (Å²) in [7, 11) is 0. The zero-order valence-electron chi connectivity index (χ0n) is 13.0. The summed E-state index contributed by atoms with van der Waals surface area (Å²) in [4.78, 5) is 14.2. The van der Waals surface area contributed by atoms with Gasteiger partial charge in [0.15, 0.2) is 0 Å². The van der Waals surface area contributed by atoms with E-state index in [4.69, 9.17) is 0 Å². The van der Waals surface area contributed by atoms with E-state index in [0.717, 1.165) is 30.8 Å². The SMILES string of the molecule is O=C(Cc1ccccc1)NCC1CCN(c2ccc(F)cc2)C1. The molecule has 0 aromatic heterocycles. The normalized spacial score (nSPS) is 17.3. The molecule has 1 saturated heterocycles. The van der Waals surface area contributed by atoms with Gasteiger partial charge in [-0.05, 0) is 42.2 Å². The topological polar surface area (TPSA) is 32.3 Å². The summed E-state index contributed by atoms with van der Waals surface area (Å²) in [5, 5.41) is 3.03. The van der Waals surface area contributed by atoms with Crippen LogP contribution in [0.25, 0.3) is 0 Å². The molecular weight excluding hydrogens is 291 g/mol. The second-order valence-electron chi connectivity index (χ2n) is 6.04. The molecule has 1 N–H and O–H groups in total. The maximum Gasteiger partial charge on any atom is 0.224 e. The van der Waals surface area contributed by atoms with Crippen LogP contribution in [0.15, 0.2) is 54.6 Å². The van der Waals surface area contributed by atoms with Gasteiger partial charge in [-0.1, -0.05) is 30.3 Å². The Balaban J connectivity index is 1.45. The van der Waals surface area contributed by atoms with Crippen molar-refractivity contribution in [2.24, 2.45) is 5.92 Å². The van der Waals surface area contributed by atoms with Gasteiger partial charge < -0.3 is 10.2 Å². The van der Waals surface area contributed by atoms with Gasteiger partial charge in [0.05, 0.1) is 6.42 Å². The first-order valence-electron chi connectivity index (χ1n) is 8.02. The minimum absolute atomic E-state index is 0.0661. The monoisotopic (exact) mass is 312 g/mol. The third-order valence-electron chi connectivity index (χ3n) is 4.27. The molecule has 2 aromatic carbocycles. The van der Waals surface area contributed by atoms with Crippen molar-refractivity contribution in [1.29, 1.82) is 0 Å². The number of rotatable bonds is 5.